The van der Waals surface area contributed by atoms with Gasteiger partial charge in [-0.15, -0.1) is 0 Å². The molecule has 98 valence electrons. The van der Waals surface area contributed by atoms with Crippen molar-refractivity contribution in [2.24, 2.45) is 11.5 Å². The first-order valence-electron chi connectivity index (χ1n) is 6.10. The first kappa shape index (κ1) is 13.5. The molecule has 1 heterocycles. The van der Waals surface area contributed by atoms with Crippen molar-refractivity contribution in [2.75, 3.05) is 12.3 Å². The molecule has 4 N–H and O–H groups in total. The number of benzene rings is 1. The van der Waals surface area contributed by atoms with Crippen molar-refractivity contribution in [3.63, 3.8) is 0 Å². The Hall–Kier alpha value is -0.970. The molecule has 0 saturated carbocycles. The van der Waals surface area contributed by atoms with Gasteiger partial charge in [-0.25, -0.2) is 0 Å². The quantitative estimate of drug-likeness (QED) is 0.815. The summed E-state index contributed by atoms with van der Waals surface area (Å²) in [4.78, 5) is 0. The lowest BCUT2D eigenvalue weighted by Crippen LogP contribution is -2.28. The molecule has 1 aromatic carbocycles. The normalized spacial score (nSPS) is 12.2. The summed E-state index contributed by atoms with van der Waals surface area (Å²) >= 11 is 1.79. The van der Waals surface area contributed by atoms with E-state index in [9.17, 15) is 0 Å². The van der Waals surface area contributed by atoms with Crippen LogP contribution in [0.15, 0.2) is 28.7 Å². The van der Waals surface area contributed by atoms with E-state index in [1.54, 1.807) is 11.8 Å². The van der Waals surface area contributed by atoms with E-state index < -0.39 is 0 Å². The lowest BCUT2D eigenvalue weighted by Gasteiger charge is -2.18. The summed E-state index contributed by atoms with van der Waals surface area (Å²) < 4.78 is 5.78. The highest BCUT2D eigenvalue weighted by atomic mass is 32.2. The van der Waals surface area contributed by atoms with Gasteiger partial charge in [-0.2, -0.15) is 11.8 Å². The third kappa shape index (κ3) is 3.07. The molecule has 2 aromatic rings. The lowest BCUT2D eigenvalue weighted by atomic mass is 9.95. The summed E-state index contributed by atoms with van der Waals surface area (Å²) in [5.74, 6) is 2.82. The SMILES string of the molecule is CC(C)(N)c1ccc2oc(CSCCN)cc2c1. The Balaban J connectivity index is 2.23. The Bertz CT molecular complexity index is 528. The van der Waals surface area contributed by atoms with Gasteiger partial charge in [0.05, 0.1) is 5.75 Å². The van der Waals surface area contributed by atoms with Crippen molar-refractivity contribution in [3.05, 3.63) is 35.6 Å². The fraction of sp³-hybridized carbons (Fsp3) is 0.429. The van der Waals surface area contributed by atoms with Gasteiger partial charge in [0, 0.05) is 23.2 Å². The van der Waals surface area contributed by atoms with Crippen LogP contribution in [0.1, 0.15) is 25.2 Å². The van der Waals surface area contributed by atoms with Crippen molar-refractivity contribution in [2.45, 2.75) is 25.1 Å². The smallest absolute Gasteiger partial charge is 0.134 e. The van der Waals surface area contributed by atoms with Crippen LogP contribution >= 0.6 is 11.8 Å². The largest absolute Gasteiger partial charge is 0.460 e. The predicted molar refractivity (Wildman–Crippen MR) is 78.6 cm³/mol. The average molecular weight is 264 g/mol. The van der Waals surface area contributed by atoms with Crippen molar-refractivity contribution in [1.82, 2.24) is 0 Å². The second kappa shape index (κ2) is 5.34. The van der Waals surface area contributed by atoms with Crippen LogP contribution in [-0.2, 0) is 11.3 Å². The number of hydrogen-bond acceptors (Lipinski definition) is 4. The van der Waals surface area contributed by atoms with Crippen LogP contribution in [0.2, 0.25) is 0 Å². The monoisotopic (exact) mass is 264 g/mol. The molecule has 0 bridgehead atoms. The molecule has 0 amide bonds. The third-order valence-corrected chi connectivity index (χ3v) is 3.83. The Morgan fingerprint density at radius 3 is 2.72 bits per heavy atom. The van der Waals surface area contributed by atoms with Crippen molar-refractivity contribution >= 4 is 22.7 Å². The number of nitrogens with two attached hydrogens (primary N) is 2. The summed E-state index contributed by atoms with van der Waals surface area (Å²) in [5.41, 5.74) is 13.3. The molecule has 4 heteroatoms. The summed E-state index contributed by atoms with van der Waals surface area (Å²) in [7, 11) is 0. The topological polar surface area (TPSA) is 65.2 Å². The molecule has 0 atom stereocenters. The standard InChI is InChI=1S/C14H20N2OS/c1-14(2,16)11-3-4-13-10(7-11)8-12(17-13)9-18-6-5-15/h3-4,7-8H,5-6,9,15-16H2,1-2H3. The van der Waals surface area contributed by atoms with Crippen LogP contribution in [0.25, 0.3) is 11.0 Å². The first-order chi connectivity index (χ1) is 8.50. The van der Waals surface area contributed by atoms with Crippen molar-refractivity contribution in [1.29, 1.82) is 0 Å². The molecule has 0 aliphatic carbocycles. The molecule has 0 radical (unpaired) electrons. The molecule has 0 unspecified atom stereocenters. The second-order valence-corrected chi connectivity index (χ2v) is 6.13. The van der Waals surface area contributed by atoms with E-state index in [0.29, 0.717) is 6.54 Å². The molecule has 1 aromatic heterocycles. The summed E-state index contributed by atoms with van der Waals surface area (Å²) in [6.45, 7) is 4.72. The third-order valence-electron chi connectivity index (χ3n) is 2.82. The minimum absolute atomic E-state index is 0.320. The number of thioether (sulfide) groups is 1. The number of fused-ring (bicyclic) bond motifs is 1. The Kier molecular flexibility index (Phi) is 4.00. The van der Waals surface area contributed by atoms with E-state index in [4.69, 9.17) is 15.9 Å². The molecule has 0 saturated heterocycles. The van der Waals surface area contributed by atoms with E-state index in [1.165, 1.54) is 0 Å². The van der Waals surface area contributed by atoms with E-state index in [2.05, 4.69) is 12.1 Å². The molecule has 0 aliphatic heterocycles. The highest BCUT2D eigenvalue weighted by Crippen LogP contribution is 2.26. The van der Waals surface area contributed by atoms with Gasteiger partial charge in [0.2, 0.25) is 0 Å². The van der Waals surface area contributed by atoms with Crippen LogP contribution in [0.3, 0.4) is 0 Å². The number of furan rings is 1. The molecular weight excluding hydrogens is 244 g/mol. The molecule has 18 heavy (non-hydrogen) atoms. The van der Waals surface area contributed by atoms with Gasteiger partial charge in [0.1, 0.15) is 11.3 Å². The second-order valence-electron chi connectivity index (χ2n) is 5.03. The highest BCUT2D eigenvalue weighted by molar-refractivity contribution is 7.98. The minimum atomic E-state index is -0.320. The Morgan fingerprint density at radius 1 is 1.28 bits per heavy atom. The molecule has 3 nitrogen and oxygen atoms in total. The molecule has 0 aliphatic rings. The average Bonchev–Trinajstić information content (AvgIpc) is 2.69. The molecule has 0 fully saturated rings. The van der Waals surface area contributed by atoms with Crippen molar-refractivity contribution in [3.8, 4) is 0 Å². The van der Waals surface area contributed by atoms with Crippen LogP contribution in [-0.4, -0.2) is 12.3 Å². The van der Waals surface area contributed by atoms with Crippen LogP contribution in [0.4, 0.5) is 0 Å². The highest BCUT2D eigenvalue weighted by Gasteiger charge is 2.15. The Morgan fingerprint density at radius 2 is 2.06 bits per heavy atom. The lowest BCUT2D eigenvalue weighted by molar-refractivity contribution is 0.553. The first-order valence-corrected chi connectivity index (χ1v) is 7.26. The zero-order chi connectivity index (χ0) is 13.2. The minimum Gasteiger partial charge on any atom is -0.460 e. The van der Waals surface area contributed by atoms with E-state index in [0.717, 1.165) is 33.8 Å². The van der Waals surface area contributed by atoms with Gasteiger partial charge in [0.25, 0.3) is 0 Å². The van der Waals surface area contributed by atoms with E-state index >= 15 is 0 Å². The molecule has 0 spiro atoms. The van der Waals surface area contributed by atoms with Gasteiger partial charge in [-0.1, -0.05) is 6.07 Å². The van der Waals surface area contributed by atoms with Gasteiger partial charge in [-0.3, -0.25) is 0 Å². The summed E-state index contributed by atoms with van der Waals surface area (Å²) in [6.07, 6.45) is 0. The maximum Gasteiger partial charge on any atom is 0.134 e. The van der Waals surface area contributed by atoms with Crippen LogP contribution < -0.4 is 11.5 Å². The fourth-order valence-corrected chi connectivity index (χ4v) is 2.48. The van der Waals surface area contributed by atoms with E-state index in [-0.39, 0.29) is 5.54 Å². The molecular formula is C14H20N2OS. The summed E-state index contributed by atoms with van der Waals surface area (Å²) in [6, 6.07) is 8.23. The van der Waals surface area contributed by atoms with Gasteiger partial charge >= 0.3 is 0 Å². The van der Waals surface area contributed by atoms with Gasteiger partial charge in [0.15, 0.2) is 0 Å². The van der Waals surface area contributed by atoms with Crippen LogP contribution in [0, 0.1) is 0 Å². The maximum atomic E-state index is 6.10. The van der Waals surface area contributed by atoms with Crippen LogP contribution in [0.5, 0.6) is 0 Å². The van der Waals surface area contributed by atoms with Gasteiger partial charge < -0.3 is 15.9 Å². The maximum absolute atomic E-state index is 6.10. The van der Waals surface area contributed by atoms with Gasteiger partial charge in [-0.05, 0) is 37.6 Å². The van der Waals surface area contributed by atoms with Crippen molar-refractivity contribution < 1.29 is 4.42 Å². The summed E-state index contributed by atoms with van der Waals surface area (Å²) in [5, 5.41) is 1.12. The van der Waals surface area contributed by atoms with E-state index in [1.807, 2.05) is 26.0 Å². The fourth-order valence-electron chi connectivity index (χ4n) is 1.83. The zero-order valence-corrected chi connectivity index (χ0v) is 11.7. The predicted octanol–water partition coefficient (Wildman–Crippen LogP) is 2.82. The Labute approximate surface area is 112 Å². The zero-order valence-electron chi connectivity index (χ0n) is 10.9. The number of hydrogen-bond donors (Lipinski definition) is 2. The number of rotatable bonds is 5. The molecule has 2 rings (SSSR count).